The zero-order valence-corrected chi connectivity index (χ0v) is 15.2. The molecule has 3 heterocycles. The Morgan fingerprint density at radius 3 is 2.84 bits per heavy atom. The number of hydrogen-bond acceptors (Lipinski definition) is 5. The molecule has 1 aromatic heterocycles. The molecule has 2 fully saturated rings. The predicted octanol–water partition coefficient (Wildman–Crippen LogP) is 1.96. The summed E-state index contributed by atoms with van der Waals surface area (Å²) in [5, 5.41) is 0. The van der Waals surface area contributed by atoms with Gasteiger partial charge in [-0.25, -0.2) is 4.98 Å². The van der Waals surface area contributed by atoms with E-state index in [2.05, 4.69) is 34.6 Å². The van der Waals surface area contributed by atoms with Gasteiger partial charge in [-0.05, 0) is 25.5 Å². The molecular weight excluding hydrogens is 314 g/mol. The van der Waals surface area contributed by atoms with Crippen molar-refractivity contribution in [3.63, 3.8) is 0 Å². The quantitative estimate of drug-likeness (QED) is 0.740. The maximum Gasteiger partial charge on any atom is 0.143 e. The van der Waals surface area contributed by atoms with Crippen molar-refractivity contribution in [2.75, 3.05) is 44.3 Å². The number of nitrogens with zero attached hydrogens (tertiary/aromatic N) is 3. The monoisotopic (exact) mass is 341 g/mol. The lowest BCUT2D eigenvalue weighted by molar-refractivity contribution is -0.138. The number of carbonyl (C=O) groups is 1. The summed E-state index contributed by atoms with van der Waals surface area (Å²) in [6.45, 7) is 9.03. The number of terminal acetylenes is 1. The van der Waals surface area contributed by atoms with Crippen molar-refractivity contribution in [2.24, 2.45) is 5.41 Å². The molecule has 2 aliphatic rings. The molecule has 25 heavy (non-hydrogen) atoms. The number of aromatic nitrogens is 1. The molecule has 0 spiro atoms. The number of hydrogen-bond donors (Lipinski definition) is 0. The van der Waals surface area contributed by atoms with Crippen molar-refractivity contribution < 1.29 is 9.53 Å². The van der Waals surface area contributed by atoms with Crippen LogP contribution in [0.4, 0.5) is 5.82 Å². The van der Waals surface area contributed by atoms with Crippen molar-refractivity contribution in [1.29, 1.82) is 0 Å². The van der Waals surface area contributed by atoms with Crippen molar-refractivity contribution >= 4 is 11.6 Å². The number of ether oxygens (including phenoxy) is 1. The van der Waals surface area contributed by atoms with Gasteiger partial charge in [-0.1, -0.05) is 12.8 Å². The van der Waals surface area contributed by atoms with E-state index in [9.17, 15) is 4.79 Å². The number of Topliss-reactive ketones (excluding diaryl/α,β-unsaturated/α-hetero) is 1. The predicted molar refractivity (Wildman–Crippen MR) is 98.6 cm³/mol. The van der Waals surface area contributed by atoms with E-state index in [4.69, 9.17) is 11.2 Å². The Bertz CT molecular complexity index is 648. The molecule has 0 radical (unpaired) electrons. The van der Waals surface area contributed by atoms with Crippen LogP contribution < -0.4 is 4.90 Å². The van der Waals surface area contributed by atoms with Crippen LogP contribution in [0, 0.1) is 17.8 Å². The summed E-state index contributed by atoms with van der Waals surface area (Å²) in [6.07, 6.45) is 8.77. The lowest BCUT2D eigenvalue weighted by atomic mass is 9.79. The van der Waals surface area contributed by atoms with Crippen molar-refractivity contribution in [3.05, 3.63) is 23.9 Å². The van der Waals surface area contributed by atoms with Crippen molar-refractivity contribution in [1.82, 2.24) is 9.88 Å². The molecule has 1 aromatic rings. The molecule has 2 aliphatic heterocycles. The Kier molecular flexibility index (Phi) is 5.41. The lowest BCUT2D eigenvalue weighted by Gasteiger charge is -2.47. The molecule has 2 saturated heterocycles. The van der Waals surface area contributed by atoms with Crippen molar-refractivity contribution in [3.8, 4) is 12.3 Å². The first-order valence-electron chi connectivity index (χ1n) is 9.08. The topological polar surface area (TPSA) is 45.7 Å². The first-order chi connectivity index (χ1) is 12.1. The van der Waals surface area contributed by atoms with E-state index < -0.39 is 0 Å². The number of ketones is 1. The number of anilines is 1. The number of rotatable bonds is 6. The van der Waals surface area contributed by atoms with E-state index in [1.54, 1.807) is 6.20 Å². The largest absolute Gasteiger partial charge is 0.378 e. The molecule has 5 nitrogen and oxygen atoms in total. The van der Waals surface area contributed by atoms with Crippen molar-refractivity contribution in [2.45, 2.75) is 32.7 Å². The second-order valence-corrected chi connectivity index (χ2v) is 7.37. The number of likely N-dealkylation sites (tertiary alicyclic amines) is 1. The molecule has 3 rings (SSSR count). The van der Waals surface area contributed by atoms with Crippen LogP contribution in [0.3, 0.4) is 0 Å². The van der Waals surface area contributed by atoms with Crippen LogP contribution in [0.15, 0.2) is 18.3 Å². The van der Waals surface area contributed by atoms with Gasteiger partial charge < -0.3 is 9.64 Å². The van der Waals surface area contributed by atoms with E-state index in [-0.39, 0.29) is 5.41 Å². The smallest absolute Gasteiger partial charge is 0.143 e. The second kappa shape index (κ2) is 7.55. The molecule has 1 atom stereocenters. The third kappa shape index (κ3) is 3.86. The van der Waals surface area contributed by atoms with Crippen LogP contribution in [0.2, 0.25) is 0 Å². The highest BCUT2D eigenvalue weighted by molar-refractivity contribution is 5.86. The number of carbonyl (C=O) groups excluding carboxylic acids is 1. The van der Waals surface area contributed by atoms with Gasteiger partial charge in [0.1, 0.15) is 11.6 Å². The summed E-state index contributed by atoms with van der Waals surface area (Å²) in [5.74, 6) is 3.84. The lowest BCUT2D eigenvalue weighted by Crippen LogP contribution is -2.59. The molecule has 0 aliphatic carbocycles. The third-order valence-corrected chi connectivity index (χ3v) is 5.26. The second-order valence-electron chi connectivity index (χ2n) is 7.37. The standard InChI is InChI=1S/C20H27N3O2/c1-4-9-23(19-7-6-16(5-2)11-21-19)15-20(3)14-22(10-8-18(20)24)17-12-25-13-17/h2,6-7,11,17H,4,8-10,12-15H2,1,3H3. The maximum atomic E-state index is 12.7. The van der Waals surface area contributed by atoms with Gasteiger partial charge >= 0.3 is 0 Å². The Labute approximate surface area is 150 Å². The highest BCUT2D eigenvalue weighted by Gasteiger charge is 2.43. The van der Waals surface area contributed by atoms with E-state index in [0.717, 1.165) is 50.7 Å². The van der Waals surface area contributed by atoms with E-state index in [1.165, 1.54) is 0 Å². The van der Waals surface area contributed by atoms with Gasteiger partial charge in [0.2, 0.25) is 0 Å². The molecule has 5 heteroatoms. The fourth-order valence-corrected chi connectivity index (χ4v) is 3.67. The van der Waals surface area contributed by atoms with Crippen LogP contribution in [-0.4, -0.2) is 61.1 Å². The molecule has 134 valence electrons. The zero-order valence-electron chi connectivity index (χ0n) is 15.2. The summed E-state index contributed by atoms with van der Waals surface area (Å²) < 4.78 is 5.33. The van der Waals surface area contributed by atoms with E-state index >= 15 is 0 Å². The molecule has 0 aromatic carbocycles. The van der Waals surface area contributed by atoms with Gasteiger partial charge in [0.05, 0.1) is 24.7 Å². The van der Waals surface area contributed by atoms with E-state index in [1.807, 2.05) is 12.1 Å². The number of piperidine rings is 1. The van der Waals surface area contributed by atoms with Gasteiger partial charge in [-0.2, -0.15) is 0 Å². The van der Waals surface area contributed by atoms with Gasteiger partial charge in [-0.15, -0.1) is 6.42 Å². The van der Waals surface area contributed by atoms with Crippen LogP contribution in [-0.2, 0) is 9.53 Å². The average molecular weight is 341 g/mol. The summed E-state index contributed by atoms with van der Waals surface area (Å²) in [6, 6.07) is 4.34. The Morgan fingerprint density at radius 2 is 2.28 bits per heavy atom. The number of pyridine rings is 1. The molecule has 0 bridgehead atoms. The van der Waals surface area contributed by atoms with Crippen LogP contribution >= 0.6 is 0 Å². The Morgan fingerprint density at radius 1 is 1.48 bits per heavy atom. The van der Waals surface area contributed by atoms with Crippen LogP contribution in [0.25, 0.3) is 0 Å². The highest BCUT2D eigenvalue weighted by Crippen LogP contribution is 2.31. The fraction of sp³-hybridized carbons (Fsp3) is 0.600. The first kappa shape index (κ1) is 17.9. The molecule has 1 unspecified atom stereocenters. The molecular formula is C20H27N3O2. The minimum atomic E-state index is -0.379. The average Bonchev–Trinajstić information content (AvgIpc) is 2.56. The van der Waals surface area contributed by atoms with Gasteiger partial charge in [0, 0.05) is 44.4 Å². The first-order valence-corrected chi connectivity index (χ1v) is 9.08. The zero-order chi connectivity index (χ0) is 17.9. The minimum absolute atomic E-state index is 0.352. The molecule has 0 amide bonds. The highest BCUT2D eigenvalue weighted by atomic mass is 16.5. The molecule has 0 saturated carbocycles. The Balaban J connectivity index is 1.76. The van der Waals surface area contributed by atoms with E-state index in [0.29, 0.717) is 24.8 Å². The third-order valence-electron chi connectivity index (χ3n) is 5.26. The van der Waals surface area contributed by atoms with Gasteiger partial charge in [-0.3, -0.25) is 9.69 Å². The van der Waals surface area contributed by atoms with Crippen LogP contribution in [0.1, 0.15) is 32.3 Å². The summed E-state index contributed by atoms with van der Waals surface area (Å²) >= 11 is 0. The minimum Gasteiger partial charge on any atom is -0.378 e. The fourth-order valence-electron chi connectivity index (χ4n) is 3.67. The summed E-state index contributed by atoms with van der Waals surface area (Å²) in [7, 11) is 0. The molecule has 0 N–H and O–H groups in total. The van der Waals surface area contributed by atoms with Gasteiger partial charge in [0.25, 0.3) is 0 Å². The Hall–Kier alpha value is -1.90. The van der Waals surface area contributed by atoms with Crippen LogP contribution in [0.5, 0.6) is 0 Å². The SMILES string of the molecule is C#Cc1ccc(N(CCC)CC2(C)CN(C3COC3)CCC2=O)nc1. The summed E-state index contributed by atoms with van der Waals surface area (Å²) in [4.78, 5) is 21.9. The van der Waals surface area contributed by atoms with Gasteiger partial charge in [0.15, 0.2) is 0 Å². The maximum absolute atomic E-state index is 12.7. The summed E-state index contributed by atoms with van der Waals surface area (Å²) in [5.41, 5.74) is 0.395. The normalized spacial score (nSPS) is 24.6.